The highest BCUT2D eigenvalue weighted by Crippen LogP contribution is 2.26. The highest BCUT2D eigenvalue weighted by atomic mass is 32.1. The van der Waals surface area contributed by atoms with Gasteiger partial charge in [-0.15, -0.1) is 11.3 Å². The molecule has 0 spiro atoms. The SMILES string of the molecule is Cc1ccc(F)cc1C(=O)C(C#N)c1cccs1. The molecule has 0 amide bonds. The predicted molar refractivity (Wildman–Crippen MR) is 68.1 cm³/mol. The number of nitrogens with zero attached hydrogens (tertiary/aromatic N) is 1. The number of aryl methyl sites for hydroxylation is 1. The van der Waals surface area contributed by atoms with Crippen LogP contribution in [0.5, 0.6) is 0 Å². The van der Waals surface area contributed by atoms with Gasteiger partial charge < -0.3 is 0 Å². The van der Waals surface area contributed by atoms with Gasteiger partial charge in [-0.2, -0.15) is 5.26 Å². The molecule has 1 unspecified atom stereocenters. The fourth-order valence-corrected chi connectivity index (χ4v) is 2.49. The van der Waals surface area contributed by atoms with Crippen LogP contribution in [0.1, 0.15) is 26.7 Å². The minimum Gasteiger partial charge on any atom is -0.292 e. The zero-order chi connectivity index (χ0) is 13.1. The summed E-state index contributed by atoms with van der Waals surface area (Å²) in [6.07, 6.45) is 0. The molecule has 0 saturated carbocycles. The Kier molecular flexibility index (Phi) is 3.54. The van der Waals surface area contributed by atoms with Gasteiger partial charge in [-0.3, -0.25) is 4.79 Å². The number of Topliss-reactive ketones (excluding diaryl/α,β-unsaturated/α-hetero) is 1. The Morgan fingerprint density at radius 3 is 2.83 bits per heavy atom. The molecule has 2 aromatic rings. The van der Waals surface area contributed by atoms with Crippen molar-refractivity contribution in [2.24, 2.45) is 0 Å². The molecule has 90 valence electrons. The number of benzene rings is 1. The number of nitriles is 1. The van der Waals surface area contributed by atoms with E-state index in [4.69, 9.17) is 5.26 Å². The second-order valence-electron chi connectivity index (χ2n) is 3.90. The monoisotopic (exact) mass is 259 g/mol. The van der Waals surface area contributed by atoms with Crippen LogP contribution in [0.3, 0.4) is 0 Å². The maximum absolute atomic E-state index is 13.2. The molecule has 0 bridgehead atoms. The molecule has 0 saturated heterocycles. The van der Waals surface area contributed by atoms with Crippen LogP contribution in [-0.4, -0.2) is 5.78 Å². The van der Waals surface area contributed by atoms with E-state index >= 15 is 0 Å². The summed E-state index contributed by atoms with van der Waals surface area (Å²) in [6.45, 7) is 1.73. The van der Waals surface area contributed by atoms with Crippen molar-refractivity contribution < 1.29 is 9.18 Å². The first kappa shape index (κ1) is 12.5. The van der Waals surface area contributed by atoms with Crippen molar-refractivity contribution in [3.8, 4) is 6.07 Å². The van der Waals surface area contributed by atoms with Crippen LogP contribution in [0, 0.1) is 24.1 Å². The van der Waals surface area contributed by atoms with Crippen LogP contribution in [-0.2, 0) is 0 Å². The van der Waals surface area contributed by atoms with Crippen LogP contribution in [0.4, 0.5) is 4.39 Å². The quantitative estimate of drug-likeness (QED) is 0.789. The number of rotatable bonds is 3. The predicted octanol–water partition coefficient (Wildman–Crippen LogP) is 3.69. The van der Waals surface area contributed by atoms with Gasteiger partial charge in [-0.05, 0) is 36.1 Å². The van der Waals surface area contributed by atoms with Gasteiger partial charge in [0.2, 0.25) is 0 Å². The van der Waals surface area contributed by atoms with Crippen molar-refractivity contribution in [3.63, 3.8) is 0 Å². The minimum atomic E-state index is -0.856. The summed E-state index contributed by atoms with van der Waals surface area (Å²) in [6, 6.07) is 9.56. The van der Waals surface area contributed by atoms with E-state index in [1.165, 1.54) is 23.5 Å². The van der Waals surface area contributed by atoms with Crippen molar-refractivity contribution in [1.82, 2.24) is 0 Å². The zero-order valence-corrected chi connectivity index (χ0v) is 10.5. The maximum atomic E-state index is 13.2. The molecule has 0 aliphatic rings. The van der Waals surface area contributed by atoms with E-state index in [2.05, 4.69) is 0 Å². The maximum Gasteiger partial charge on any atom is 0.185 e. The van der Waals surface area contributed by atoms with Gasteiger partial charge in [-0.1, -0.05) is 12.1 Å². The van der Waals surface area contributed by atoms with Crippen molar-refractivity contribution >= 4 is 17.1 Å². The molecule has 1 atom stereocenters. The Bertz CT molecular complexity index is 613. The van der Waals surface area contributed by atoms with Crippen LogP contribution >= 0.6 is 11.3 Å². The largest absolute Gasteiger partial charge is 0.292 e. The Morgan fingerprint density at radius 1 is 1.44 bits per heavy atom. The number of halogens is 1. The normalized spacial score (nSPS) is 11.8. The zero-order valence-electron chi connectivity index (χ0n) is 9.68. The average Bonchev–Trinajstić information content (AvgIpc) is 2.87. The van der Waals surface area contributed by atoms with E-state index in [1.807, 2.05) is 11.4 Å². The van der Waals surface area contributed by atoms with Crippen molar-refractivity contribution in [2.75, 3.05) is 0 Å². The molecule has 1 aromatic carbocycles. The fraction of sp³-hybridized carbons (Fsp3) is 0.143. The van der Waals surface area contributed by atoms with Gasteiger partial charge in [0, 0.05) is 10.4 Å². The first-order chi connectivity index (χ1) is 8.63. The lowest BCUT2D eigenvalue weighted by Crippen LogP contribution is -2.11. The number of ketones is 1. The Morgan fingerprint density at radius 2 is 2.22 bits per heavy atom. The summed E-state index contributed by atoms with van der Waals surface area (Å²) in [5.74, 6) is -1.67. The Balaban J connectivity index is 2.42. The van der Waals surface area contributed by atoms with Gasteiger partial charge in [0.05, 0.1) is 6.07 Å². The molecule has 1 aromatic heterocycles. The molecular formula is C14H10FNOS. The van der Waals surface area contributed by atoms with Gasteiger partial charge in [0.1, 0.15) is 11.7 Å². The molecule has 4 heteroatoms. The molecule has 2 nitrogen and oxygen atoms in total. The summed E-state index contributed by atoms with van der Waals surface area (Å²) in [4.78, 5) is 13.0. The standard InChI is InChI=1S/C14H10FNOS/c1-9-4-5-10(15)7-11(9)14(17)12(8-16)13-3-2-6-18-13/h2-7,12H,1H3. The third-order valence-electron chi connectivity index (χ3n) is 2.68. The Hall–Kier alpha value is -1.99. The van der Waals surface area contributed by atoms with Crippen LogP contribution in [0.2, 0.25) is 0 Å². The van der Waals surface area contributed by atoms with Crippen molar-refractivity contribution in [2.45, 2.75) is 12.8 Å². The molecule has 0 fully saturated rings. The smallest absolute Gasteiger partial charge is 0.185 e. The third kappa shape index (κ3) is 2.31. The highest BCUT2D eigenvalue weighted by molar-refractivity contribution is 7.10. The first-order valence-corrected chi connectivity index (χ1v) is 6.25. The molecule has 0 aliphatic carbocycles. The third-order valence-corrected chi connectivity index (χ3v) is 3.62. The summed E-state index contributed by atoms with van der Waals surface area (Å²) in [5, 5.41) is 10.9. The Labute approximate surface area is 108 Å². The summed E-state index contributed by atoms with van der Waals surface area (Å²) < 4.78 is 13.2. The van der Waals surface area contributed by atoms with Gasteiger partial charge in [0.25, 0.3) is 0 Å². The fourth-order valence-electron chi connectivity index (χ4n) is 1.72. The molecule has 2 rings (SSSR count). The number of carbonyl (C=O) groups excluding carboxylic acids is 1. The van der Waals surface area contributed by atoms with E-state index < -0.39 is 11.7 Å². The first-order valence-electron chi connectivity index (χ1n) is 5.37. The average molecular weight is 259 g/mol. The molecule has 0 aliphatic heterocycles. The minimum absolute atomic E-state index is 0.273. The number of thiophene rings is 1. The lowest BCUT2D eigenvalue weighted by molar-refractivity contribution is 0.0979. The highest BCUT2D eigenvalue weighted by Gasteiger charge is 2.24. The van der Waals surface area contributed by atoms with Gasteiger partial charge >= 0.3 is 0 Å². The molecule has 1 heterocycles. The van der Waals surface area contributed by atoms with E-state index in [0.29, 0.717) is 10.4 Å². The van der Waals surface area contributed by atoms with E-state index in [1.54, 1.807) is 25.1 Å². The topological polar surface area (TPSA) is 40.9 Å². The molecule has 0 radical (unpaired) electrons. The number of hydrogen-bond donors (Lipinski definition) is 0. The lowest BCUT2D eigenvalue weighted by atomic mass is 9.94. The number of hydrogen-bond acceptors (Lipinski definition) is 3. The van der Waals surface area contributed by atoms with Crippen molar-refractivity contribution in [1.29, 1.82) is 5.26 Å². The number of carbonyl (C=O) groups is 1. The second-order valence-corrected chi connectivity index (χ2v) is 4.88. The van der Waals surface area contributed by atoms with Gasteiger partial charge in [0.15, 0.2) is 5.78 Å². The molecule has 0 N–H and O–H groups in total. The molecular weight excluding hydrogens is 249 g/mol. The summed E-state index contributed by atoms with van der Waals surface area (Å²) in [5.41, 5.74) is 0.952. The second kappa shape index (κ2) is 5.11. The lowest BCUT2D eigenvalue weighted by Gasteiger charge is -2.08. The van der Waals surface area contributed by atoms with E-state index in [0.717, 1.165) is 0 Å². The molecule has 18 heavy (non-hydrogen) atoms. The van der Waals surface area contributed by atoms with E-state index in [9.17, 15) is 9.18 Å². The summed E-state index contributed by atoms with van der Waals surface area (Å²) in [7, 11) is 0. The van der Waals surface area contributed by atoms with Crippen molar-refractivity contribution in [3.05, 3.63) is 57.5 Å². The van der Waals surface area contributed by atoms with Crippen LogP contribution < -0.4 is 0 Å². The van der Waals surface area contributed by atoms with Crippen LogP contribution in [0.15, 0.2) is 35.7 Å². The van der Waals surface area contributed by atoms with E-state index in [-0.39, 0.29) is 11.3 Å². The summed E-state index contributed by atoms with van der Waals surface area (Å²) >= 11 is 1.35. The van der Waals surface area contributed by atoms with Crippen LogP contribution in [0.25, 0.3) is 0 Å². The van der Waals surface area contributed by atoms with Gasteiger partial charge in [-0.25, -0.2) is 4.39 Å².